The van der Waals surface area contributed by atoms with Crippen LogP contribution >= 0.6 is 0 Å². The Labute approximate surface area is 218 Å². The molecule has 0 N–H and O–H groups in total. The standard InChI is InChI=1S/C36H42/c1-8-26-13-9-14-27-15-10-18-29(33(26)27)21(2)24(5)36(7)25(6)32-22(3)30-19-11-16-28-17-12-20-31(34(28)30)23(4)35(32)36/h9-25,32,35H,8H2,1-7H3. The van der Waals surface area contributed by atoms with E-state index < -0.39 is 0 Å². The smallest absolute Gasteiger partial charge is 0.0114 e. The van der Waals surface area contributed by atoms with E-state index in [1.54, 1.807) is 22.1 Å². The Bertz CT molecular complexity index is 1430. The first kappa shape index (κ1) is 23.8. The summed E-state index contributed by atoms with van der Waals surface area (Å²) in [4.78, 5) is 0. The van der Waals surface area contributed by atoms with Crippen molar-refractivity contribution in [1.29, 1.82) is 0 Å². The van der Waals surface area contributed by atoms with Crippen molar-refractivity contribution in [3.05, 3.63) is 95.1 Å². The molecule has 4 aromatic rings. The third-order valence-electron chi connectivity index (χ3n) is 11.4. The Morgan fingerprint density at radius 3 is 1.92 bits per heavy atom. The first-order chi connectivity index (χ1) is 17.3. The summed E-state index contributed by atoms with van der Waals surface area (Å²) in [5, 5.41) is 5.87. The highest BCUT2D eigenvalue weighted by molar-refractivity contribution is 5.91. The fourth-order valence-electron chi connectivity index (χ4n) is 9.15. The second-order valence-electron chi connectivity index (χ2n) is 12.4. The predicted molar refractivity (Wildman–Crippen MR) is 156 cm³/mol. The summed E-state index contributed by atoms with van der Waals surface area (Å²) in [5.74, 6) is 4.40. The quantitative estimate of drug-likeness (QED) is 0.276. The van der Waals surface area contributed by atoms with Crippen LogP contribution in [0.25, 0.3) is 21.5 Å². The van der Waals surface area contributed by atoms with Crippen molar-refractivity contribution in [2.75, 3.05) is 0 Å². The van der Waals surface area contributed by atoms with Crippen molar-refractivity contribution in [3.8, 4) is 0 Å². The van der Waals surface area contributed by atoms with E-state index in [0.29, 0.717) is 40.9 Å². The topological polar surface area (TPSA) is 0 Å². The Balaban J connectivity index is 1.45. The monoisotopic (exact) mass is 474 g/mol. The summed E-state index contributed by atoms with van der Waals surface area (Å²) < 4.78 is 0. The van der Waals surface area contributed by atoms with Gasteiger partial charge in [0.05, 0.1) is 0 Å². The van der Waals surface area contributed by atoms with Gasteiger partial charge < -0.3 is 0 Å². The summed E-state index contributed by atoms with van der Waals surface area (Å²) >= 11 is 0. The average Bonchev–Trinajstić information content (AvgIpc) is 3.00. The molecule has 0 spiro atoms. The molecular formula is C36H42. The molecule has 4 aromatic carbocycles. The van der Waals surface area contributed by atoms with E-state index in [9.17, 15) is 0 Å². The summed E-state index contributed by atoms with van der Waals surface area (Å²) in [6.07, 6.45) is 1.09. The van der Waals surface area contributed by atoms with Gasteiger partial charge in [-0.1, -0.05) is 121 Å². The SMILES string of the molecule is CCc1cccc2cccc(C(C)C(C)C3(C)C(C)C4C(C)c5cccc6cccc(c56)C(C)C43)c12. The highest BCUT2D eigenvalue weighted by Crippen LogP contribution is 2.70. The largest absolute Gasteiger partial charge is 0.0617 e. The molecule has 6 rings (SSSR count). The molecule has 8 unspecified atom stereocenters. The molecule has 1 fully saturated rings. The van der Waals surface area contributed by atoms with Gasteiger partial charge in [-0.05, 0) is 97.1 Å². The van der Waals surface area contributed by atoms with Gasteiger partial charge in [-0.3, -0.25) is 0 Å². The van der Waals surface area contributed by atoms with Crippen molar-refractivity contribution in [2.24, 2.45) is 29.1 Å². The van der Waals surface area contributed by atoms with Crippen LogP contribution in [0.1, 0.15) is 88.5 Å². The van der Waals surface area contributed by atoms with Crippen molar-refractivity contribution in [1.82, 2.24) is 0 Å². The number of rotatable bonds is 4. The predicted octanol–water partition coefficient (Wildman–Crippen LogP) is 10.1. The fraction of sp³-hybridized carbons (Fsp3) is 0.444. The maximum absolute atomic E-state index is 2.64. The first-order valence-electron chi connectivity index (χ1n) is 14.3. The number of fused-ring (bicyclic) bond motifs is 2. The molecule has 0 heterocycles. The van der Waals surface area contributed by atoms with E-state index in [1.807, 2.05) is 0 Å². The van der Waals surface area contributed by atoms with Crippen molar-refractivity contribution in [3.63, 3.8) is 0 Å². The van der Waals surface area contributed by atoms with Crippen molar-refractivity contribution >= 4 is 21.5 Å². The van der Waals surface area contributed by atoms with E-state index in [0.717, 1.165) is 12.3 Å². The normalized spacial score (nSPS) is 30.9. The number of hydrogen-bond acceptors (Lipinski definition) is 0. The molecule has 8 atom stereocenters. The summed E-state index contributed by atoms with van der Waals surface area (Å²) in [5.41, 5.74) is 6.50. The van der Waals surface area contributed by atoms with Gasteiger partial charge in [-0.15, -0.1) is 0 Å². The summed E-state index contributed by atoms with van der Waals surface area (Å²) in [6, 6.07) is 27.9. The van der Waals surface area contributed by atoms with Crippen LogP contribution in [0.5, 0.6) is 0 Å². The van der Waals surface area contributed by atoms with E-state index in [1.165, 1.54) is 21.7 Å². The summed E-state index contributed by atoms with van der Waals surface area (Å²) in [7, 11) is 0. The Hall–Kier alpha value is -2.60. The van der Waals surface area contributed by atoms with Crippen LogP contribution in [0, 0.1) is 29.1 Å². The first-order valence-corrected chi connectivity index (χ1v) is 14.3. The molecule has 0 bridgehead atoms. The maximum atomic E-state index is 2.64. The van der Waals surface area contributed by atoms with Crippen LogP contribution in [0.3, 0.4) is 0 Å². The lowest BCUT2D eigenvalue weighted by Crippen LogP contribution is -2.60. The molecule has 0 radical (unpaired) electrons. The lowest BCUT2D eigenvalue weighted by atomic mass is 9.38. The minimum absolute atomic E-state index is 0.297. The number of aryl methyl sites for hydroxylation is 1. The maximum Gasteiger partial charge on any atom is -0.0114 e. The zero-order valence-electron chi connectivity index (χ0n) is 23.2. The van der Waals surface area contributed by atoms with Gasteiger partial charge in [0.2, 0.25) is 0 Å². The molecule has 0 aliphatic heterocycles. The van der Waals surface area contributed by atoms with Gasteiger partial charge in [0.25, 0.3) is 0 Å². The fourth-order valence-corrected chi connectivity index (χ4v) is 9.15. The molecule has 0 nitrogen and oxygen atoms in total. The number of benzene rings is 4. The summed E-state index contributed by atoms with van der Waals surface area (Å²) in [6.45, 7) is 17.7. The van der Waals surface area contributed by atoms with Gasteiger partial charge in [0.1, 0.15) is 0 Å². The molecule has 2 aliphatic carbocycles. The lowest BCUT2D eigenvalue weighted by Gasteiger charge is -2.66. The highest BCUT2D eigenvalue weighted by atomic mass is 14.7. The Morgan fingerprint density at radius 2 is 1.28 bits per heavy atom. The Kier molecular flexibility index (Phi) is 5.60. The number of hydrogen-bond donors (Lipinski definition) is 0. The molecule has 0 saturated heterocycles. The molecule has 0 heteroatoms. The van der Waals surface area contributed by atoms with Crippen molar-refractivity contribution in [2.45, 2.75) is 72.6 Å². The van der Waals surface area contributed by atoms with Crippen LogP contribution < -0.4 is 0 Å². The minimum Gasteiger partial charge on any atom is -0.0617 e. The zero-order valence-corrected chi connectivity index (χ0v) is 23.2. The van der Waals surface area contributed by atoms with Gasteiger partial charge in [0.15, 0.2) is 0 Å². The molecular weight excluding hydrogens is 432 g/mol. The van der Waals surface area contributed by atoms with Crippen LogP contribution in [0.15, 0.2) is 72.8 Å². The van der Waals surface area contributed by atoms with E-state index in [2.05, 4.69) is 121 Å². The molecule has 0 aromatic heterocycles. The third kappa shape index (κ3) is 3.06. The van der Waals surface area contributed by atoms with Crippen LogP contribution in [-0.2, 0) is 6.42 Å². The van der Waals surface area contributed by atoms with Crippen molar-refractivity contribution < 1.29 is 0 Å². The van der Waals surface area contributed by atoms with Gasteiger partial charge >= 0.3 is 0 Å². The molecule has 0 amide bonds. The zero-order chi connectivity index (χ0) is 25.4. The molecule has 186 valence electrons. The second kappa shape index (κ2) is 8.47. The average molecular weight is 475 g/mol. The van der Waals surface area contributed by atoms with Gasteiger partial charge in [-0.25, -0.2) is 0 Å². The minimum atomic E-state index is 0.297. The van der Waals surface area contributed by atoms with E-state index in [4.69, 9.17) is 0 Å². The van der Waals surface area contributed by atoms with E-state index in [-0.39, 0.29) is 0 Å². The molecule has 36 heavy (non-hydrogen) atoms. The van der Waals surface area contributed by atoms with Crippen LogP contribution in [-0.4, -0.2) is 0 Å². The van der Waals surface area contributed by atoms with Gasteiger partial charge in [-0.2, -0.15) is 0 Å². The molecule has 2 aliphatic rings. The van der Waals surface area contributed by atoms with Gasteiger partial charge in [0, 0.05) is 0 Å². The van der Waals surface area contributed by atoms with E-state index >= 15 is 0 Å². The lowest BCUT2D eigenvalue weighted by molar-refractivity contribution is -0.159. The van der Waals surface area contributed by atoms with Crippen LogP contribution in [0.2, 0.25) is 0 Å². The third-order valence-corrected chi connectivity index (χ3v) is 11.4. The molecule has 1 saturated carbocycles. The van der Waals surface area contributed by atoms with Crippen LogP contribution in [0.4, 0.5) is 0 Å². The highest BCUT2D eigenvalue weighted by Gasteiger charge is 2.63. The Morgan fingerprint density at radius 1 is 0.722 bits per heavy atom. The second-order valence-corrected chi connectivity index (χ2v) is 12.4.